The number of aliphatic hydroxyl groups is 1. The summed E-state index contributed by atoms with van der Waals surface area (Å²) in [5, 5.41) is 11.2. The zero-order valence-corrected chi connectivity index (χ0v) is 13.0. The molecule has 0 aromatic heterocycles. The van der Waals surface area contributed by atoms with Crippen molar-refractivity contribution in [3.8, 4) is 0 Å². The quantitative estimate of drug-likeness (QED) is 0.852. The van der Waals surface area contributed by atoms with Crippen LogP contribution in [-0.2, 0) is 12.8 Å². The second-order valence-corrected chi connectivity index (χ2v) is 5.49. The van der Waals surface area contributed by atoms with Crippen LogP contribution < -0.4 is 0 Å². The lowest BCUT2D eigenvalue weighted by molar-refractivity contribution is 0.220. The van der Waals surface area contributed by atoms with Crippen LogP contribution in [-0.4, -0.2) is 5.11 Å². The van der Waals surface area contributed by atoms with Gasteiger partial charge in [-0.2, -0.15) is 0 Å². The van der Waals surface area contributed by atoms with Crippen LogP contribution in [0.1, 0.15) is 47.8 Å². The lowest BCUT2D eigenvalue weighted by Crippen LogP contribution is -2.03. The molecule has 0 bridgehead atoms. The molecule has 2 aromatic rings. The molecule has 0 fully saturated rings. The molecule has 1 N–H and O–H groups in total. The van der Waals surface area contributed by atoms with E-state index in [0.717, 1.165) is 29.5 Å². The van der Waals surface area contributed by atoms with Crippen molar-refractivity contribution in [2.75, 3.05) is 0 Å². The van der Waals surface area contributed by atoms with Gasteiger partial charge >= 0.3 is 0 Å². The predicted molar refractivity (Wildman–Crippen MR) is 85.4 cm³/mol. The van der Waals surface area contributed by atoms with E-state index in [9.17, 15) is 5.11 Å². The molecule has 0 amide bonds. The first-order valence-corrected chi connectivity index (χ1v) is 7.51. The molecule has 2 rings (SSSR count). The zero-order chi connectivity index (χ0) is 14.7. The maximum atomic E-state index is 10.6. The molecule has 1 atom stereocenters. The molecule has 0 aliphatic rings. The van der Waals surface area contributed by atoms with Gasteiger partial charge in [-0.15, -0.1) is 0 Å². The summed E-state index contributed by atoms with van der Waals surface area (Å²) in [6, 6.07) is 12.0. The topological polar surface area (TPSA) is 20.2 Å². The number of hydrogen-bond donors (Lipinski definition) is 1. The summed E-state index contributed by atoms with van der Waals surface area (Å²) in [7, 11) is 0. The first-order valence-electron chi connectivity index (χ1n) is 7.13. The number of rotatable bonds is 4. The van der Waals surface area contributed by atoms with Crippen molar-refractivity contribution in [1.29, 1.82) is 0 Å². The van der Waals surface area contributed by atoms with Crippen LogP contribution >= 0.6 is 11.6 Å². The van der Waals surface area contributed by atoms with Gasteiger partial charge in [-0.3, -0.25) is 0 Å². The fourth-order valence-electron chi connectivity index (χ4n) is 2.55. The first kappa shape index (κ1) is 15.1. The third kappa shape index (κ3) is 2.89. The van der Waals surface area contributed by atoms with Crippen LogP contribution in [0.3, 0.4) is 0 Å². The Morgan fingerprint density at radius 1 is 1.05 bits per heavy atom. The number of halogens is 1. The number of aryl methyl sites for hydroxylation is 3. The molecule has 2 heteroatoms. The molecule has 0 radical (unpaired) electrons. The van der Waals surface area contributed by atoms with E-state index in [2.05, 4.69) is 26.0 Å². The van der Waals surface area contributed by atoms with E-state index in [1.54, 1.807) is 0 Å². The SMILES string of the molecule is CCc1ccc(C(O)c2cccc(C)c2Cl)cc1CC. The summed E-state index contributed by atoms with van der Waals surface area (Å²) in [5.41, 5.74) is 5.32. The van der Waals surface area contributed by atoms with Gasteiger partial charge in [0.25, 0.3) is 0 Å². The summed E-state index contributed by atoms with van der Waals surface area (Å²) in [5.74, 6) is 0. The van der Waals surface area contributed by atoms with Crippen LogP contribution in [0.15, 0.2) is 36.4 Å². The molecule has 0 aliphatic heterocycles. The zero-order valence-electron chi connectivity index (χ0n) is 12.3. The van der Waals surface area contributed by atoms with Gasteiger partial charge in [-0.1, -0.05) is 61.8 Å². The van der Waals surface area contributed by atoms with Crippen LogP contribution in [0.25, 0.3) is 0 Å². The van der Waals surface area contributed by atoms with Crippen LogP contribution in [0.4, 0.5) is 0 Å². The predicted octanol–water partition coefficient (Wildman–Crippen LogP) is 4.85. The summed E-state index contributed by atoms with van der Waals surface area (Å²) in [6.07, 6.45) is 1.33. The lowest BCUT2D eigenvalue weighted by atomic mass is 9.94. The van der Waals surface area contributed by atoms with Crippen molar-refractivity contribution >= 4 is 11.6 Å². The minimum Gasteiger partial charge on any atom is -0.384 e. The Hall–Kier alpha value is -1.31. The standard InChI is InChI=1S/C18H21ClO/c1-4-13-9-10-15(11-14(13)5-2)18(20)16-8-6-7-12(3)17(16)19/h6-11,18,20H,4-5H2,1-3H3. The van der Waals surface area contributed by atoms with E-state index in [1.807, 2.05) is 31.2 Å². The van der Waals surface area contributed by atoms with Gasteiger partial charge in [-0.25, -0.2) is 0 Å². The average Bonchev–Trinajstić information content (AvgIpc) is 2.48. The van der Waals surface area contributed by atoms with E-state index in [4.69, 9.17) is 11.6 Å². The fourth-order valence-corrected chi connectivity index (χ4v) is 2.78. The molecule has 1 nitrogen and oxygen atoms in total. The third-order valence-corrected chi connectivity index (χ3v) is 4.34. The number of aliphatic hydroxyl groups excluding tert-OH is 1. The maximum Gasteiger partial charge on any atom is 0.106 e. The molecule has 1 unspecified atom stereocenters. The first-order chi connectivity index (χ1) is 9.58. The summed E-state index contributed by atoms with van der Waals surface area (Å²) >= 11 is 6.31. The van der Waals surface area contributed by atoms with E-state index < -0.39 is 6.10 Å². The van der Waals surface area contributed by atoms with Crippen LogP contribution in [0.5, 0.6) is 0 Å². The van der Waals surface area contributed by atoms with Crippen molar-refractivity contribution in [3.05, 3.63) is 69.2 Å². The molecule has 0 heterocycles. The average molecular weight is 289 g/mol. The van der Waals surface area contributed by atoms with Crippen molar-refractivity contribution in [1.82, 2.24) is 0 Å². The highest BCUT2D eigenvalue weighted by atomic mass is 35.5. The minimum absolute atomic E-state index is 0.651. The molecule has 0 spiro atoms. The Bertz CT molecular complexity index is 604. The fraction of sp³-hybridized carbons (Fsp3) is 0.333. The van der Waals surface area contributed by atoms with Gasteiger partial charge in [0.1, 0.15) is 6.10 Å². The Labute approximate surface area is 126 Å². The molecular weight excluding hydrogens is 268 g/mol. The highest BCUT2D eigenvalue weighted by molar-refractivity contribution is 6.32. The molecule has 20 heavy (non-hydrogen) atoms. The monoisotopic (exact) mass is 288 g/mol. The van der Waals surface area contributed by atoms with Crippen molar-refractivity contribution in [2.45, 2.75) is 39.7 Å². The van der Waals surface area contributed by atoms with Crippen molar-refractivity contribution in [2.24, 2.45) is 0 Å². The minimum atomic E-state index is -0.668. The molecule has 0 saturated heterocycles. The van der Waals surface area contributed by atoms with E-state index in [0.29, 0.717) is 5.02 Å². The molecule has 0 saturated carbocycles. The molecule has 2 aromatic carbocycles. The summed E-state index contributed by atoms with van der Waals surface area (Å²) in [4.78, 5) is 0. The summed E-state index contributed by atoms with van der Waals surface area (Å²) in [6.45, 7) is 6.25. The summed E-state index contributed by atoms with van der Waals surface area (Å²) < 4.78 is 0. The normalized spacial score (nSPS) is 12.4. The second-order valence-electron chi connectivity index (χ2n) is 5.12. The van der Waals surface area contributed by atoms with Gasteiger partial charge < -0.3 is 5.11 Å². The van der Waals surface area contributed by atoms with E-state index in [1.165, 1.54) is 11.1 Å². The van der Waals surface area contributed by atoms with E-state index in [-0.39, 0.29) is 0 Å². The van der Waals surface area contributed by atoms with E-state index >= 15 is 0 Å². The van der Waals surface area contributed by atoms with Crippen LogP contribution in [0, 0.1) is 6.92 Å². The van der Waals surface area contributed by atoms with Gasteiger partial charge in [0, 0.05) is 10.6 Å². The maximum absolute atomic E-state index is 10.6. The highest BCUT2D eigenvalue weighted by Gasteiger charge is 2.16. The highest BCUT2D eigenvalue weighted by Crippen LogP contribution is 2.31. The lowest BCUT2D eigenvalue weighted by Gasteiger charge is -2.16. The number of benzene rings is 2. The van der Waals surface area contributed by atoms with Gasteiger partial charge in [0.05, 0.1) is 0 Å². The molecular formula is C18H21ClO. The Balaban J connectivity index is 2.43. The second kappa shape index (κ2) is 6.43. The van der Waals surface area contributed by atoms with Crippen molar-refractivity contribution in [3.63, 3.8) is 0 Å². The third-order valence-electron chi connectivity index (χ3n) is 3.82. The Morgan fingerprint density at radius 3 is 2.40 bits per heavy atom. The smallest absolute Gasteiger partial charge is 0.106 e. The molecule has 0 aliphatic carbocycles. The van der Waals surface area contributed by atoms with Gasteiger partial charge in [0.2, 0.25) is 0 Å². The Morgan fingerprint density at radius 2 is 1.75 bits per heavy atom. The van der Waals surface area contributed by atoms with Crippen molar-refractivity contribution < 1.29 is 5.11 Å². The number of hydrogen-bond acceptors (Lipinski definition) is 1. The molecule has 106 valence electrons. The van der Waals surface area contributed by atoms with Gasteiger partial charge in [-0.05, 0) is 42.0 Å². The van der Waals surface area contributed by atoms with Crippen LogP contribution in [0.2, 0.25) is 5.02 Å². The van der Waals surface area contributed by atoms with Gasteiger partial charge in [0.15, 0.2) is 0 Å². The largest absolute Gasteiger partial charge is 0.384 e. The Kier molecular flexibility index (Phi) is 4.85.